The first-order valence-electron chi connectivity index (χ1n) is 7.13. The van der Waals surface area contributed by atoms with Crippen LogP contribution in [0, 0.1) is 18.6 Å². The van der Waals surface area contributed by atoms with E-state index < -0.39 is 11.6 Å². The van der Waals surface area contributed by atoms with E-state index in [0.29, 0.717) is 27.7 Å². The third-order valence-corrected chi connectivity index (χ3v) is 4.73. The van der Waals surface area contributed by atoms with Gasteiger partial charge in [0.25, 0.3) is 5.91 Å². The highest BCUT2D eigenvalue weighted by molar-refractivity contribution is 7.17. The number of thiazole rings is 1. The van der Waals surface area contributed by atoms with Crippen molar-refractivity contribution in [3.63, 3.8) is 0 Å². The third-order valence-electron chi connectivity index (χ3n) is 3.52. The molecule has 0 fully saturated rings. The number of rotatable bonds is 4. The first-order chi connectivity index (χ1) is 11.5. The SMILES string of the molecule is Cc1nc(-c2ccc(F)c(F)c2)sc1C(=O)NCc1ccnn1C. The zero-order valence-electron chi connectivity index (χ0n) is 13.0. The molecule has 3 aromatic rings. The summed E-state index contributed by atoms with van der Waals surface area (Å²) in [5.41, 5.74) is 1.85. The van der Waals surface area contributed by atoms with E-state index in [0.717, 1.165) is 29.2 Å². The summed E-state index contributed by atoms with van der Waals surface area (Å²) in [6, 6.07) is 5.37. The monoisotopic (exact) mass is 348 g/mol. The molecular weight excluding hydrogens is 334 g/mol. The maximum absolute atomic E-state index is 13.4. The van der Waals surface area contributed by atoms with Gasteiger partial charge in [-0.05, 0) is 31.2 Å². The fraction of sp³-hybridized carbons (Fsp3) is 0.188. The van der Waals surface area contributed by atoms with Crippen LogP contribution in [-0.4, -0.2) is 20.7 Å². The molecule has 0 atom stereocenters. The summed E-state index contributed by atoms with van der Waals surface area (Å²) >= 11 is 1.14. The Morgan fingerprint density at radius 3 is 2.75 bits per heavy atom. The first kappa shape index (κ1) is 16.3. The minimum absolute atomic E-state index is 0.264. The first-order valence-corrected chi connectivity index (χ1v) is 7.95. The molecule has 0 saturated carbocycles. The zero-order chi connectivity index (χ0) is 17.3. The zero-order valence-corrected chi connectivity index (χ0v) is 13.8. The van der Waals surface area contributed by atoms with E-state index in [1.807, 2.05) is 6.07 Å². The van der Waals surface area contributed by atoms with E-state index in [1.54, 1.807) is 24.9 Å². The molecule has 2 aromatic heterocycles. The molecule has 1 N–H and O–H groups in total. The number of carbonyl (C=O) groups is 1. The summed E-state index contributed by atoms with van der Waals surface area (Å²) in [5, 5.41) is 7.31. The fourth-order valence-corrected chi connectivity index (χ4v) is 3.16. The van der Waals surface area contributed by atoms with Crippen LogP contribution in [0.3, 0.4) is 0 Å². The molecule has 1 amide bonds. The summed E-state index contributed by atoms with van der Waals surface area (Å²) in [6.07, 6.45) is 1.65. The number of hydrogen-bond donors (Lipinski definition) is 1. The maximum Gasteiger partial charge on any atom is 0.263 e. The third kappa shape index (κ3) is 3.18. The summed E-state index contributed by atoms with van der Waals surface area (Å²) < 4.78 is 28.1. The smallest absolute Gasteiger partial charge is 0.263 e. The van der Waals surface area contributed by atoms with Gasteiger partial charge in [0, 0.05) is 18.8 Å². The second kappa shape index (κ2) is 6.48. The Labute approximate surface area is 141 Å². The average Bonchev–Trinajstić information content (AvgIpc) is 3.13. The Bertz CT molecular complexity index is 903. The number of halogens is 2. The highest BCUT2D eigenvalue weighted by Crippen LogP contribution is 2.28. The largest absolute Gasteiger partial charge is 0.346 e. The lowest BCUT2D eigenvalue weighted by atomic mass is 10.2. The van der Waals surface area contributed by atoms with E-state index in [9.17, 15) is 13.6 Å². The minimum atomic E-state index is -0.942. The fourth-order valence-electron chi connectivity index (χ4n) is 2.19. The molecular formula is C16H14F2N4OS. The highest BCUT2D eigenvalue weighted by atomic mass is 32.1. The van der Waals surface area contributed by atoms with Gasteiger partial charge in [-0.3, -0.25) is 9.48 Å². The van der Waals surface area contributed by atoms with E-state index >= 15 is 0 Å². The summed E-state index contributed by atoms with van der Waals surface area (Å²) in [6.45, 7) is 2.05. The van der Waals surface area contributed by atoms with Crippen LogP contribution in [0.15, 0.2) is 30.5 Å². The van der Waals surface area contributed by atoms with Crippen LogP contribution >= 0.6 is 11.3 Å². The molecule has 24 heavy (non-hydrogen) atoms. The molecule has 8 heteroatoms. The topological polar surface area (TPSA) is 59.8 Å². The van der Waals surface area contributed by atoms with Crippen molar-refractivity contribution in [2.45, 2.75) is 13.5 Å². The van der Waals surface area contributed by atoms with Crippen molar-refractivity contribution in [1.82, 2.24) is 20.1 Å². The average molecular weight is 348 g/mol. The van der Waals surface area contributed by atoms with Gasteiger partial charge in [-0.25, -0.2) is 13.8 Å². The molecule has 0 radical (unpaired) electrons. The summed E-state index contributed by atoms with van der Waals surface area (Å²) in [7, 11) is 1.79. The molecule has 0 unspecified atom stereocenters. The molecule has 0 bridgehead atoms. The molecule has 3 rings (SSSR count). The van der Waals surface area contributed by atoms with Gasteiger partial charge in [0.05, 0.1) is 17.9 Å². The Morgan fingerprint density at radius 1 is 1.29 bits per heavy atom. The van der Waals surface area contributed by atoms with Gasteiger partial charge in [0.1, 0.15) is 9.88 Å². The van der Waals surface area contributed by atoms with Gasteiger partial charge < -0.3 is 5.32 Å². The molecule has 2 heterocycles. The standard InChI is InChI=1S/C16H14F2N4OS/c1-9-14(15(23)19-8-11-5-6-20-22(11)2)24-16(21-9)10-3-4-12(17)13(18)7-10/h3-7H,8H2,1-2H3,(H,19,23). The van der Waals surface area contributed by atoms with E-state index in [1.165, 1.54) is 6.07 Å². The number of aromatic nitrogens is 3. The van der Waals surface area contributed by atoms with Crippen LogP contribution < -0.4 is 5.32 Å². The summed E-state index contributed by atoms with van der Waals surface area (Å²) in [5.74, 6) is -2.12. The van der Waals surface area contributed by atoms with Crippen molar-refractivity contribution in [2.75, 3.05) is 0 Å². The number of hydrogen-bond acceptors (Lipinski definition) is 4. The Morgan fingerprint density at radius 2 is 2.08 bits per heavy atom. The molecule has 124 valence electrons. The Balaban J connectivity index is 1.79. The van der Waals surface area contributed by atoms with Crippen LogP contribution in [0.25, 0.3) is 10.6 Å². The molecule has 0 saturated heterocycles. The molecule has 5 nitrogen and oxygen atoms in total. The number of nitrogens with zero attached hydrogens (tertiary/aromatic N) is 3. The van der Waals surface area contributed by atoms with Crippen LogP contribution in [0.4, 0.5) is 8.78 Å². The molecule has 0 aliphatic rings. The van der Waals surface area contributed by atoms with E-state index in [4.69, 9.17) is 0 Å². The number of carbonyl (C=O) groups excluding carboxylic acids is 1. The molecule has 0 aliphatic heterocycles. The van der Waals surface area contributed by atoms with Crippen molar-refractivity contribution in [3.8, 4) is 10.6 Å². The van der Waals surface area contributed by atoms with Crippen molar-refractivity contribution < 1.29 is 13.6 Å². The lowest BCUT2D eigenvalue weighted by molar-refractivity contribution is 0.0953. The maximum atomic E-state index is 13.4. The van der Waals surface area contributed by atoms with Crippen LogP contribution in [0.1, 0.15) is 21.1 Å². The number of benzene rings is 1. The van der Waals surface area contributed by atoms with Crippen molar-refractivity contribution in [1.29, 1.82) is 0 Å². The molecule has 0 spiro atoms. The highest BCUT2D eigenvalue weighted by Gasteiger charge is 2.17. The van der Waals surface area contributed by atoms with Crippen LogP contribution in [-0.2, 0) is 13.6 Å². The van der Waals surface area contributed by atoms with Gasteiger partial charge in [-0.1, -0.05) is 0 Å². The van der Waals surface area contributed by atoms with Crippen molar-refractivity contribution in [3.05, 3.63) is 58.4 Å². The molecule has 1 aromatic carbocycles. The lowest BCUT2D eigenvalue weighted by Crippen LogP contribution is -2.23. The lowest BCUT2D eigenvalue weighted by Gasteiger charge is -2.04. The van der Waals surface area contributed by atoms with Crippen molar-refractivity contribution >= 4 is 17.2 Å². The predicted octanol–water partition coefficient (Wildman–Crippen LogP) is 3.06. The Hall–Kier alpha value is -2.61. The number of amides is 1. The van der Waals surface area contributed by atoms with E-state index in [2.05, 4.69) is 15.4 Å². The predicted molar refractivity (Wildman–Crippen MR) is 86.6 cm³/mol. The molecule has 0 aliphatic carbocycles. The second-order valence-electron chi connectivity index (χ2n) is 5.19. The van der Waals surface area contributed by atoms with Gasteiger partial charge in [0.15, 0.2) is 11.6 Å². The second-order valence-corrected chi connectivity index (χ2v) is 6.19. The van der Waals surface area contributed by atoms with Gasteiger partial charge >= 0.3 is 0 Å². The van der Waals surface area contributed by atoms with Gasteiger partial charge in [-0.2, -0.15) is 5.10 Å². The Kier molecular flexibility index (Phi) is 4.39. The van der Waals surface area contributed by atoms with Gasteiger partial charge in [0.2, 0.25) is 0 Å². The van der Waals surface area contributed by atoms with Crippen molar-refractivity contribution in [2.24, 2.45) is 7.05 Å². The quantitative estimate of drug-likeness (QED) is 0.788. The van der Waals surface area contributed by atoms with Gasteiger partial charge in [-0.15, -0.1) is 11.3 Å². The summed E-state index contributed by atoms with van der Waals surface area (Å²) in [4.78, 5) is 17.1. The van der Waals surface area contributed by atoms with E-state index in [-0.39, 0.29) is 5.91 Å². The minimum Gasteiger partial charge on any atom is -0.346 e. The number of aryl methyl sites for hydroxylation is 2. The number of nitrogens with one attached hydrogen (secondary N) is 1. The van der Waals surface area contributed by atoms with Crippen LogP contribution in [0.5, 0.6) is 0 Å². The normalized spacial score (nSPS) is 10.8. The van der Waals surface area contributed by atoms with Crippen LogP contribution in [0.2, 0.25) is 0 Å².